The molecule has 0 saturated carbocycles. The van der Waals surface area contributed by atoms with Crippen LogP contribution in [0.15, 0.2) is 46.8 Å². The normalized spacial score (nSPS) is 16.0. The summed E-state index contributed by atoms with van der Waals surface area (Å²) in [5, 5.41) is 14.0. The number of aldehydes is 1. The third-order valence-corrected chi connectivity index (χ3v) is 4.36. The summed E-state index contributed by atoms with van der Waals surface area (Å²) in [6.45, 7) is 3.30. The molecular weight excluding hydrogens is 396 g/mol. The summed E-state index contributed by atoms with van der Waals surface area (Å²) < 4.78 is 15.2. The maximum absolute atomic E-state index is 12.8. The molecule has 1 aromatic rings. The lowest BCUT2D eigenvalue weighted by Crippen LogP contribution is -2.34. The molecule has 0 saturated heterocycles. The van der Waals surface area contributed by atoms with Gasteiger partial charge < -0.3 is 19.5 Å². The van der Waals surface area contributed by atoms with Crippen molar-refractivity contribution in [3.8, 4) is 0 Å². The van der Waals surface area contributed by atoms with Gasteiger partial charge >= 0.3 is 11.9 Å². The van der Waals surface area contributed by atoms with Crippen LogP contribution in [0.25, 0.3) is 0 Å². The number of esters is 2. The van der Waals surface area contributed by atoms with E-state index in [0.717, 1.165) is 0 Å². The number of dihydropyridines is 1. The summed E-state index contributed by atoms with van der Waals surface area (Å²) in [7, 11) is 1.43. The number of nitrogens with zero attached hydrogens (tertiary/aromatic N) is 1. The lowest BCUT2D eigenvalue weighted by Gasteiger charge is -2.29. The summed E-state index contributed by atoms with van der Waals surface area (Å²) in [4.78, 5) is 47.9. The van der Waals surface area contributed by atoms with Crippen LogP contribution in [0.1, 0.15) is 25.3 Å². The van der Waals surface area contributed by atoms with Crippen LogP contribution in [0.5, 0.6) is 0 Å². The number of ether oxygens (including phenoxy) is 3. The molecule has 10 nitrogen and oxygen atoms in total. The number of hydrogen-bond acceptors (Lipinski definition) is 9. The van der Waals surface area contributed by atoms with E-state index in [0.29, 0.717) is 12.0 Å². The summed E-state index contributed by atoms with van der Waals surface area (Å²) in [5.74, 6) is -2.67. The Hall–Kier alpha value is -3.53. The molecule has 0 bridgehead atoms. The average molecular weight is 418 g/mol. The number of nitro benzene ring substituents is 1. The van der Waals surface area contributed by atoms with Crippen molar-refractivity contribution in [2.75, 3.05) is 26.9 Å². The second-order valence-corrected chi connectivity index (χ2v) is 6.24. The predicted molar refractivity (Wildman–Crippen MR) is 104 cm³/mol. The molecule has 0 fully saturated rings. The molecule has 0 amide bonds. The highest BCUT2D eigenvalue weighted by molar-refractivity contribution is 6.03. The molecule has 1 aromatic carbocycles. The van der Waals surface area contributed by atoms with Gasteiger partial charge in [-0.15, -0.1) is 0 Å². The largest absolute Gasteiger partial charge is 0.463 e. The van der Waals surface area contributed by atoms with Gasteiger partial charge in [-0.1, -0.05) is 12.1 Å². The third-order valence-electron chi connectivity index (χ3n) is 4.36. The Kier molecular flexibility index (Phi) is 7.82. The van der Waals surface area contributed by atoms with E-state index < -0.39 is 22.8 Å². The summed E-state index contributed by atoms with van der Waals surface area (Å²) >= 11 is 0. The fourth-order valence-electron chi connectivity index (χ4n) is 3.10. The van der Waals surface area contributed by atoms with Crippen LogP contribution in [0.4, 0.5) is 5.69 Å². The van der Waals surface area contributed by atoms with E-state index in [9.17, 15) is 24.5 Å². The quantitative estimate of drug-likeness (QED) is 0.209. The van der Waals surface area contributed by atoms with Crippen molar-refractivity contribution >= 4 is 23.9 Å². The Morgan fingerprint density at radius 1 is 1.20 bits per heavy atom. The van der Waals surface area contributed by atoms with Crippen molar-refractivity contribution in [3.05, 3.63) is 62.5 Å². The van der Waals surface area contributed by atoms with E-state index in [1.54, 1.807) is 13.8 Å². The van der Waals surface area contributed by atoms with E-state index in [4.69, 9.17) is 14.2 Å². The van der Waals surface area contributed by atoms with Gasteiger partial charge in [-0.2, -0.15) is 0 Å². The third kappa shape index (κ3) is 4.90. The van der Waals surface area contributed by atoms with Crippen LogP contribution in [0.3, 0.4) is 0 Å². The van der Waals surface area contributed by atoms with E-state index in [1.807, 2.05) is 0 Å². The van der Waals surface area contributed by atoms with Gasteiger partial charge in [-0.05, 0) is 19.4 Å². The smallest absolute Gasteiger partial charge is 0.337 e. The van der Waals surface area contributed by atoms with Crippen molar-refractivity contribution in [2.45, 2.75) is 19.8 Å². The van der Waals surface area contributed by atoms with Gasteiger partial charge in [0.1, 0.15) is 6.61 Å². The Labute approximate surface area is 172 Å². The van der Waals surface area contributed by atoms with E-state index in [1.165, 1.54) is 31.4 Å². The Bertz CT molecular complexity index is 919. The lowest BCUT2D eigenvalue weighted by molar-refractivity contribution is -0.384. The second-order valence-electron chi connectivity index (χ2n) is 6.24. The fraction of sp³-hybridized carbons (Fsp3) is 0.350. The number of allylic oxidation sites excluding steroid dienone is 2. The monoisotopic (exact) mass is 418 g/mol. The maximum atomic E-state index is 12.8. The van der Waals surface area contributed by atoms with E-state index in [2.05, 4.69) is 5.32 Å². The molecular formula is C20H22N2O8. The summed E-state index contributed by atoms with van der Waals surface area (Å²) in [5.41, 5.74) is 0.148. The van der Waals surface area contributed by atoms with Gasteiger partial charge in [0.25, 0.3) is 5.69 Å². The molecule has 1 unspecified atom stereocenters. The first-order valence-electron chi connectivity index (χ1n) is 9.10. The zero-order chi connectivity index (χ0) is 22.3. The predicted octanol–water partition coefficient (Wildman–Crippen LogP) is 1.76. The van der Waals surface area contributed by atoms with Gasteiger partial charge in [0.05, 0.1) is 40.9 Å². The number of nitro groups is 1. The minimum Gasteiger partial charge on any atom is -0.463 e. The minimum atomic E-state index is -1.10. The minimum absolute atomic E-state index is 0.0571. The van der Waals surface area contributed by atoms with Crippen molar-refractivity contribution < 1.29 is 33.5 Å². The molecule has 1 aliphatic rings. The number of benzene rings is 1. The molecule has 2 rings (SSSR count). The van der Waals surface area contributed by atoms with Gasteiger partial charge in [-0.25, -0.2) is 9.59 Å². The number of nitrogens with one attached hydrogen (secondary N) is 1. The molecule has 10 heteroatoms. The SMILES string of the molecule is CCOC(=O)C1=C(C)NC(C=O)=C(C(=O)OCCOC)C1c1cccc([N+](=O)[O-])c1. The highest BCUT2D eigenvalue weighted by atomic mass is 16.6. The van der Waals surface area contributed by atoms with E-state index >= 15 is 0 Å². The first-order chi connectivity index (χ1) is 14.3. The van der Waals surface area contributed by atoms with Gasteiger partial charge in [0.2, 0.25) is 0 Å². The van der Waals surface area contributed by atoms with E-state index in [-0.39, 0.29) is 47.9 Å². The molecule has 0 aromatic heterocycles. The van der Waals surface area contributed by atoms with Gasteiger partial charge in [0.15, 0.2) is 6.29 Å². The van der Waals surface area contributed by atoms with Crippen LogP contribution in [0, 0.1) is 10.1 Å². The van der Waals surface area contributed by atoms with Crippen molar-refractivity contribution in [1.29, 1.82) is 0 Å². The lowest BCUT2D eigenvalue weighted by atomic mass is 9.80. The number of carbonyl (C=O) groups excluding carboxylic acids is 3. The maximum Gasteiger partial charge on any atom is 0.337 e. The fourth-order valence-corrected chi connectivity index (χ4v) is 3.10. The first kappa shape index (κ1) is 22.8. The number of rotatable bonds is 9. The van der Waals surface area contributed by atoms with Crippen molar-refractivity contribution in [3.63, 3.8) is 0 Å². The molecule has 160 valence electrons. The van der Waals surface area contributed by atoms with Gasteiger partial charge in [-0.3, -0.25) is 14.9 Å². The van der Waals surface area contributed by atoms with Crippen LogP contribution in [-0.2, 0) is 28.6 Å². The first-order valence-corrected chi connectivity index (χ1v) is 9.10. The molecule has 30 heavy (non-hydrogen) atoms. The van der Waals surface area contributed by atoms with Crippen LogP contribution in [0.2, 0.25) is 0 Å². The molecule has 0 spiro atoms. The summed E-state index contributed by atoms with van der Waals surface area (Å²) in [6.07, 6.45) is 0.433. The Balaban J connectivity index is 2.66. The highest BCUT2D eigenvalue weighted by Crippen LogP contribution is 2.39. The average Bonchev–Trinajstić information content (AvgIpc) is 2.73. The van der Waals surface area contributed by atoms with Crippen LogP contribution < -0.4 is 5.32 Å². The number of carbonyl (C=O) groups is 3. The zero-order valence-corrected chi connectivity index (χ0v) is 16.8. The molecule has 1 aliphatic heterocycles. The zero-order valence-electron chi connectivity index (χ0n) is 16.8. The van der Waals surface area contributed by atoms with Gasteiger partial charge in [0, 0.05) is 24.9 Å². The number of non-ortho nitro benzene ring substituents is 1. The molecule has 1 heterocycles. The van der Waals surface area contributed by atoms with Crippen LogP contribution in [-0.4, -0.2) is 50.1 Å². The molecule has 1 atom stereocenters. The highest BCUT2D eigenvalue weighted by Gasteiger charge is 2.39. The topological polar surface area (TPSA) is 134 Å². The summed E-state index contributed by atoms with van der Waals surface area (Å²) in [6, 6.07) is 5.49. The molecule has 0 aliphatic carbocycles. The second kappa shape index (κ2) is 10.3. The van der Waals surface area contributed by atoms with Crippen molar-refractivity contribution in [1.82, 2.24) is 5.32 Å². The van der Waals surface area contributed by atoms with Crippen molar-refractivity contribution in [2.24, 2.45) is 0 Å². The number of methoxy groups -OCH3 is 1. The Morgan fingerprint density at radius 3 is 2.50 bits per heavy atom. The molecule has 1 N–H and O–H groups in total. The van der Waals surface area contributed by atoms with Crippen LogP contribution >= 0.6 is 0 Å². The standard InChI is InChI=1S/C20H22N2O8/c1-4-29-19(24)16-12(2)21-15(11-23)18(20(25)30-9-8-28-3)17(16)13-6-5-7-14(10-13)22(26)27/h5-7,10-11,17,21H,4,8-9H2,1-3H3. The molecule has 0 radical (unpaired) electrons. The Morgan fingerprint density at radius 2 is 1.90 bits per heavy atom. The number of hydrogen-bond donors (Lipinski definition) is 1.